The van der Waals surface area contributed by atoms with E-state index >= 15 is 0 Å². The molecule has 0 saturated heterocycles. The quantitative estimate of drug-likeness (QED) is 0.282. The number of hydrogen-bond donors (Lipinski definition) is 3. The minimum atomic E-state index is -3.85. The Morgan fingerprint density at radius 1 is 0.861 bits per heavy atom. The summed E-state index contributed by atoms with van der Waals surface area (Å²) < 4.78 is 56.1. The van der Waals surface area contributed by atoms with Crippen LogP contribution in [0.4, 0.5) is 11.4 Å². The number of anilines is 2. The van der Waals surface area contributed by atoms with Crippen LogP contribution in [0, 0.1) is 5.92 Å². The Morgan fingerprint density at radius 3 is 2.25 bits per heavy atom. The summed E-state index contributed by atoms with van der Waals surface area (Å²) in [6.45, 7) is 2.76. The van der Waals surface area contributed by atoms with Gasteiger partial charge in [0.05, 0.1) is 15.5 Å². The fourth-order valence-electron chi connectivity index (χ4n) is 4.59. The van der Waals surface area contributed by atoms with E-state index in [1.807, 2.05) is 12.1 Å². The highest BCUT2D eigenvalue weighted by molar-refractivity contribution is 7.93. The van der Waals surface area contributed by atoms with Crippen molar-refractivity contribution in [3.05, 3.63) is 70.9 Å². The molecule has 0 radical (unpaired) electrons. The second-order valence-corrected chi connectivity index (χ2v) is 13.5. The summed E-state index contributed by atoms with van der Waals surface area (Å²) in [5.74, 6) is 0.771. The fraction of sp³-hybridized carbons (Fsp3) is 0.385. The molecule has 36 heavy (non-hydrogen) atoms. The molecule has 0 amide bonds. The SMILES string of the molecule is C[C@@H](CC1CCCCC1)NCc1ccccc1NS(=O)(=O)c1ccc(NS(=O)(=O)c2ccsc2)cc1. The molecule has 0 aliphatic heterocycles. The molecular weight excluding hydrogens is 515 g/mol. The third-order valence-corrected chi connectivity index (χ3v) is 10.1. The molecule has 0 spiro atoms. The van der Waals surface area contributed by atoms with Gasteiger partial charge in [-0.25, -0.2) is 16.8 Å². The van der Waals surface area contributed by atoms with Gasteiger partial charge in [0.25, 0.3) is 20.0 Å². The molecule has 1 fully saturated rings. The monoisotopic (exact) mass is 547 g/mol. The molecule has 0 bridgehead atoms. The second kappa shape index (κ2) is 11.8. The lowest BCUT2D eigenvalue weighted by Gasteiger charge is -2.25. The Kier molecular flexibility index (Phi) is 8.71. The zero-order valence-corrected chi connectivity index (χ0v) is 22.8. The van der Waals surface area contributed by atoms with Gasteiger partial charge in [-0.05, 0) is 66.6 Å². The first-order valence-electron chi connectivity index (χ1n) is 12.2. The summed E-state index contributed by atoms with van der Waals surface area (Å²) in [5.41, 5.74) is 1.69. The van der Waals surface area contributed by atoms with Crippen LogP contribution in [0.2, 0.25) is 0 Å². The first-order chi connectivity index (χ1) is 17.2. The topological polar surface area (TPSA) is 104 Å². The molecule has 4 rings (SSSR count). The average molecular weight is 548 g/mol. The Labute approximate surface area is 218 Å². The van der Waals surface area contributed by atoms with Gasteiger partial charge in [0, 0.05) is 23.7 Å². The van der Waals surface area contributed by atoms with Crippen molar-refractivity contribution >= 4 is 42.8 Å². The highest BCUT2D eigenvalue weighted by atomic mass is 32.2. The van der Waals surface area contributed by atoms with Crippen LogP contribution in [0.15, 0.2) is 75.1 Å². The van der Waals surface area contributed by atoms with Crippen molar-refractivity contribution < 1.29 is 16.8 Å². The normalized spacial score (nSPS) is 15.9. The second-order valence-electron chi connectivity index (χ2n) is 9.37. The maximum Gasteiger partial charge on any atom is 0.262 e. The van der Waals surface area contributed by atoms with Crippen LogP contribution in [0.5, 0.6) is 0 Å². The zero-order valence-electron chi connectivity index (χ0n) is 20.3. The first-order valence-corrected chi connectivity index (χ1v) is 16.1. The van der Waals surface area contributed by atoms with Crippen LogP contribution in [0.3, 0.4) is 0 Å². The van der Waals surface area contributed by atoms with Gasteiger partial charge in [0.15, 0.2) is 0 Å². The molecule has 3 N–H and O–H groups in total. The highest BCUT2D eigenvalue weighted by Crippen LogP contribution is 2.28. The van der Waals surface area contributed by atoms with Gasteiger partial charge < -0.3 is 5.32 Å². The number of thiophene rings is 1. The number of sulfonamides is 2. The molecule has 10 heteroatoms. The summed E-state index contributed by atoms with van der Waals surface area (Å²) in [6, 6.07) is 14.9. The van der Waals surface area contributed by atoms with Gasteiger partial charge in [-0.2, -0.15) is 11.3 Å². The number of nitrogens with one attached hydrogen (secondary N) is 3. The van der Waals surface area contributed by atoms with E-state index in [4.69, 9.17) is 0 Å². The van der Waals surface area contributed by atoms with E-state index in [0.717, 1.165) is 17.9 Å². The molecule has 1 aromatic heterocycles. The number of benzene rings is 2. The molecule has 0 unspecified atom stereocenters. The van der Waals surface area contributed by atoms with Crippen LogP contribution in [0.25, 0.3) is 0 Å². The summed E-state index contributed by atoms with van der Waals surface area (Å²) >= 11 is 1.29. The third kappa shape index (κ3) is 7.09. The Hall–Kier alpha value is -2.40. The van der Waals surface area contributed by atoms with Crippen LogP contribution < -0.4 is 14.8 Å². The molecule has 1 aliphatic rings. The standard InChI is InChI=1S/C26H33N3O4S3/c1-20(17-21-7-3-2-4-8-21)27-18-22-9-5-6-10-26(22)29-35(30,31)24-13-11-23(12-14-24)28-36(32,33)25-15-16-34-19-25/h5-6,9-16,19-21,27-29H,2-4,7-8,17-18H2,1H3/t20-/m0/s1. The maximum absolute atomic E-state index is 13.1. The molecule has 1 atom stereocenters. The zero-order chi connectivity index (χ0) is 25.6. The van der Waals surface area contributed by atoms with E-state index in [1.54, 1.807) is 17.5 Å². The largest absolute Gasteiger partial charge is 0.310 e. The van der Waals surface area contributed by atoms with E-state index in [-0.39, 0.29) is 15.5 Å². The van der Waals surface area contributed by atoms with Gasteiger partial charge in [0.2, 0.25) is 0 Å². The lowest BCUT2D eigenvalue weighted by atomic mass is 9.85. The Balaban J connectivity index is 1.39. The lowest BCUT2D eigenvalue weighted by molar-refractivity contribution is 0.305. The molecular formula is C26H33N3O4S3. The molecule has 194 valence electrons. The van der Waals surface area contributed by atoms with Crippen molar-refractivity contribution in [2.24, 2.45) is 5.92 Å². The number of hydrogen-bond acceptors (Lipinski definition) is 6. The van der Waals surface area contributed by atoms with Crippen molar-refractivity contribution in [2.75, 3.05) is 9.44 Å². The Morgan fingerprint density at radius 2 is 1.56 bits per heavy atom. The van der Waals surface area contributed by atoms with Crippen molar-refractivity contribution in [3.63, 3.8) is 0 Å². The molecule has 7 nitrogen and oxygen atoms in total. The van der Waals surface area contributed by atoms with Crippen molar-refractivity contribution in [3.8, 4) is 0 Å². The fourth-order valence-corrected chi connectivity index (χ4v) is 7.78. The predicted molar refractivity (Wildman–Crippen MR) is 146 cm³/mol. The van der Waals surface area contributed by atoms with E-state index in [9.17, 15) is 16.8 Å². The van der Waals surface area contributed by atoms with Crippen LogP contribution >= 0.6 is 11.3 Å². The van der Waals surface area contributed by atoms with E-state index < -0.39 is 20.0 Å². The van der Waals surface area contributed by atoms with Crippen LogP contribution in [-0.2, 0) is 26.6 Å². The van der Waals surface area contributed by atoms with Crippen LogP contribution in [0.1, 0.15) is 51.0 Å². The summed E-state index contributed by atoms with van der Waals surface area (Å²) in [4.78, 5) is 0.221. The van der Waals surface area contributed by atoms with E-state index in [2.05, 4.69) is 21.7 Å². The smallest absolute Gasteiger partial charge is 0.262 e. The van der Waals surface area contributed by atoms with Crippen molar-refractivity contribution in [1.29, 1.82) is 0 Å². The lowest BCUT2D eigenvalue weighted by Crippen LogP contribution is -2.29. The van der Waals surface area contributed by atoms with Crippen molar-refractivity contribution in [2.45, 2.75) is 67.8 Å². The van der Waals surface area contributed by atoms with Gasteiger partial charge in [-0.15, -0.1) is 0 Å². The molecule has 3 aromatic rings. The molecule has 1 saturated carbocycles. The van der Waals surface area contributed by atoms with Gasteiger partial charge >= 0.3 is 0 Å². The summed E-state index contributed by atoms with van der Waals surface area (Å²) in [7, 11) is -7.56. The predicted octanol–water partition coefficient (Wildman–Crippen LogP) is 5.80. The summed E-state index contributed by atoms with van der Waals surface area (Å²) in [5, 5.41) is 6.77. The van der Waals surface area contributed by atoms with Gasteiger partial charge in [-0.3, -0.25) is 9.44 Å². The third-order valence-electron chi connectivity index (χ3n) is 6.54. The Bertz CT molecular complexity index is 1330. The maximum atomic E-state index is 13.1. The van der Waals surface area contributed by atoms with E-state index in [1.165, 1.54) is 79.2 Å². The number of rotatable bonds is 11. The molecule has 1 heterocycles. The van der Waals surface area contributed by atoms with Gasteiger partial charge in [-0.1, -0.05) is 50.3 Å². The molecule has 1 aliphatic carbocycles. The average Bonchev–Trinajstić information content (AvgIpc) is 3.40. The minimum absolute atomic E-state index is 0.0504. The number of para-hydroxylation sites is 1. The first kappa shape index (κ1) is 26.7. The highest BCUT2D eigenvalue weighted by Gasteiger charge is 2.19. The van der Waals surface area contributed by atoms with Crippen molar-refractivity contribution in [1.82, 2.24) is 5.32 Å². The summed E-state index contributed by atoms with van der Waals surface area (Å²) in [6.07, 6.45) is 7.73. The van der Waals surface area contributed by atoms with Gasteiger partial charge in [0.1, 0.15) is 0 Å². The molecule has 2 aromatic carbocycles. The van der Waals surface area contributed by atoms with E-state index in [0.29, 0.717) is 18.3 Å². The minimum Gasteiger partial charge on any atom is -0.310 e. The van der Waals surface area contributed by atoms with Crippen LogP contribution in [-0.4, -0.2) is 22.9 Å².